The van der Waals surface area contributed by atoms with E-state index in [1.807, 2.05) is 16.7 Å². The van der Waals surface area contributed by atoms with E-state index in [2.05, 4.69) is 36.2 Å². The molecule has 32 heavy (non-hydrogen) atoms. The minimum atomic E-state index is -0.151. The number of aryl methyl sites for hydroxylation is 1. The fraction of sp³-hybridized carbons (Fsp3) is 0.423. The smallest absolute Gasteiger partial charge is 0.261 e. The maximum absolute atomic E-state index is 12.9. The lowest BCUT2D eigenvalue weighted by atomic mass is 10.1. The largest absolute Gasteiger partial charge is 0.348 e. The molecular weight excluding hydrogens is 400 g/mol. The van der Waals surface area contributed by atoms with Gasteiger partial charge in [-0.25, -0.2) is 4.98 Å². The van der Waals surface area contributed by atoms with E-state index in [1.54, 1.807) is 18.2 Å². The minimum absolute atomic E-state index is 0.00388. The molecule has 0 saturated heterocycles. The van der Waals surface area contributed by atoms with Gasteiger partial charge in [0.05, 0.1) is 10.9 Å². The van der Waals surface area contributed by atoms with Gasteiger partial charge < -0.3 is 5.32 Å². The maximum atomic E-state index is 12.9. The van der Waals surface area contributed by atoms with Gasteiger partial charge in [-0.05, 0) is 55.3 Å². The Balaban J connectivity index is 1.53. The van der Waals surface area contributed by atoms with E-state index in [1.165, 1.54) is 5.56 Å². The van der Waals surface area contributed by atoms with Gasteiger partial charge >= 0.3 is 0 Å². The van der Waals surface area contributed by atoms with Crippen molar-refractivity contribution in [3.05, 3.63) is 75.3 Å². The van der Waals surface area contributed by atoms with Crippen LogP contribution in [0.25, 0.3) is 10.9 Å². The fourth-order valence-corrected chi connectivity index (χ4v) is 4.41. The Kier molecular flexibility index (Phi) is 7.00. The topological polar surface area (TPSA) is 67.2 Å². The van der Waals surface area contributed by atoms with E-state index < -0.39 is 0 Å². The molecule has 2 heterocycles. The summed E-state index contributed by atoms with van der Waals surface area (Å²) in [5.74, 6) is 0.685. The molecule has 1 aliphatic heterocycles. The second-order valence-electron chi connectivity index (χ2n) is 8.44. The summed E-state index contributed by atoms with van der Waals surface area (Å²) in [5.41, 5.74) is 3.49. The van der Waals surface area contributed by atoms with Gasteiger partial charge in [-0.2, -0.15) is 0 Å². The lowest BCUT2D eigenvalue weighted by Gasteiger charge is -2.20. The Morgan fingerprint density at radius 1 is 1.06 bits per heavy atom. The average Bonchev–Trinajstić information content (AvgIpc) is 3.07. The SMILES string of the molecule is CCN(CC)Cc1ccccc1CNC(=O)c1ccc2c(=O)n3c(nc2c1)CCCCC3. The molecule has 2 aromatic carbocycles. The third-order valence-corrected chi connectivity index (χ3v) is 6.42. The molecule has 1 amide bonds. The molecule has 0 fully saturated rings. The summed E-state index contributed by atoms with van der Waals surface area (Å²) in [6.07, 6.45) is 3.98. The van der Waals surface area contributed by atoms with Crippen LogP contribution in [0.4, 0.5) is 0 Å². The summed E-state index contributed by atoms with van der Waals surface area (Å²) in [6, 6.07) is 13.5. The number of rotatable bonds is 7. The number of fused-ring (bicyclic) bond motifs is 2. The third-order valence-electron chi connectivity index (χ3n) is 6.42. The van der Waals surface area contributed by atoms with Gasteiger partial charge in [-0.3, -0.25) is 19.1 Å². The van der Waals surface area contributed by atoms with Gasteiger partial charge in [0.2, 0.25) is 0 Å². The van der Waals surface area contributed by atoms with Crippen molar-refractivity contribution in [2.75, 3.05) is 13.1 Å². The van der Waals surface area contributed by atoms with Gasteiger partial charge in [0.1, 0.15) is 5.82 Å². The third kappa shape index (κ3) is 4.75. The summed E-state index contributed by atoms with van der Waals surface area (Å²) in [6.45, 7) is 8.36. The maximum Gasteiger partial charge on any atom is 0.261 e. The van der Waals surface area contributed by atoms with Crippen LogP contribution in [0.1, 0.15) is 60.4 Å². The van der Waals surface area contributed by atoms with E-state index in [-0.39, 0.29) is 11.5 Å². The molecule has 1 aromatic heterocycles. The van der Waals surface area contributed by atoms with Crippen molar-refractivity contribution < 1.29 is 4.79 Å². The van der Waals surface area contributed by atoms with E-state index in [9.17, 15) is 9.59 Å². The number of carbonyl (C=O) groups excluding carboxylic acids is 1. The molecule has 0 radical (unpaired) electrons. The van der Waals surface area contributed by atoms with Crippen molar-refractivity contribution in [2.45, 2.75) is 59.2 Å². The molecule has 0 bridgehead atoms. The number of carbonyl (C=O) groups is 1. The Bertz CT molecular complexity index is 1160. The first-order valence-electron chi connectivity index (χ1n) is 11.7. The zero-order valence-corrected chi connectivity index (χ0v) is 19.1. The van der Waals surface area contributed by atoms with E-state index in [4.69, 9.17) is 4.98 Å². The molecule has 0 saturated carbocycles. The second-order valence-corrected chi connectivity index (χ2v) is 8.44. The van der Waals surface area contributed by atoms with Crippen molar-refractivity contribution in [3.8, 4) is 0 Å². The molecule has 1 N–H and O–H groups in total. The second kappa shape index (κ2) is 10.1. The summed E-state index contributed by atoms with van der Waals surface area (Å²) >= 11 is 0. The zero-order chi connectivity index (χ0) is 22.5. The van der Waals surface area contributed by atoms with Crippen LogP contribution in [0.5, 0.6) is 0 Å². The monoisotopic (exact) mass is 432 g/mol. The van der Waals surface area contributed by atoms with Crippen molar-refractivity contribution in [2.24, 2.45) is 0 Å². The number of hydrogen-bond donors (Lipinski definition) is 1. The average molecular weight is 433 g/mol. The number of benzene rings is 2. The summed E-state index contributed by atoms with van der Waals surface area (Å²) in [4.78, 5) is 32.9. The molecule has 0 spiro atoms. The lowest BCUT2D eigenvalue weighted by molar-refractivity contribution is 0.0951. The predicted octanol–water partition coefficient (Wildman–Crippen LogP) is 3.89. The molecule has 6 heteroatoms. The van der Waals surface area contributed by atoms with Crippen LogP contribution in [-0.2, 0) is 26.1 Å². The highest BCUT2D eigenvalue weighted by Crippen LogP contribution is 2.17. The fourth-order valence-electron chi connectivity index (χ4n) is 4.41. The Hall–Kier alpha value is -2.99. The van der Waals surface area contributed by atoms with Gasteiger partial charge in [0.15, 0.2) is 0 Å². The molecule has 0 atom stereocenters. The van der Waals surface area contributed by atoms with E-state index in [0.717, 1.165) is 63.3 Å². The highest BCUT2D eigenvalue weighted by Gasteiger charge is 2.15. The lowest BCUT2D eigenvalue weighted by Crippen LogP contribution is -2.27. The Morgan fingerprint density at radius 2 is 1.84 bits per heavy atom. The standard InChI is InChI=1S/C26H32N4O2/c1-3-29(4-2)18-21-11-8-7-10-20(21)17-27-25(31)19-13-14-22-23(16-19)28-24-12-6-5-9-15-30(24)26(22)32/h7-8,10-11,13-14,16H,3-6,9,12,15,17-18H2,1-2H3,(H,27,31). The molecule has 1 aliphatic rings. The minimum Gasteiger partial charge on any atom is -0.348 e. The van der Waals surface area contributed by atoms with Crippen LogP contribution in [-0.4, -0.2) is 33.4 Å². The van der Waals surface area contributed by atoms with Crippen molar-refractivity contribution in [1.82, 2.24) is 19.8 Å². The van der Waals surface area contributed by atoms with Crippen LogP contribution in [0, 0.1) is 0 Å². The summed E-state index contributed by atoms with van der Waals surface area (Å²) < 4.78 is 1.81. The molecule has 4 rings (SSSR count). The zero-order valence-electron chi connectivity index (χ0n) is 19.1. The molecule has 0 unspecified atom stereocenters. The van der Waals surface area contributed by atoms with Crippen molar-refractivity contribution in [3.63, 3.8) is 0 Å². The van der Waals surface area contributed by atoms with E-state index in [0.29, 0.717) is 23.0 Å². The van der Waals surface area contributed by atoms with Crippen LogP contribution < -0.4 is 10.9 Å². The highest BCUT2D eigenvalue weighted by molar-refractivity contribution is 5.97. The first kappa shape index (κ1) is 22.2. The van der Waals surface area contributed by atoms with E-state index >= 15 is 0 Å². The normalized spacial score (nSPS) is 13.7. The number of amides is 1. The van der Waals surface area contributed by atoms with Gasteiger partial charge in [-0.1, -0.05) is 44.5 Å². The number of nitrogens with zero attached hydrogens (tertiary/aromatic N) is 3. The molecular formula is C26H32N4O2. The first-order chi connectivity index (χ1) is 15.6. The van der Waals surface area contributed by atoms with Crippen molar-refractivity contribution >= 4 is 16.8 Å². The van der Waals surface area contributed by atoms with Crippen LogP contribution in [0.2, 0.25) is 0 Å². The first-order valence-corrected chi connectivity index (χ1v) is 11.7. The highest BCUT2D eigenvalue weighted by atomic mass is 16.1. The molecule has 0 aliphatic carbocycles. The van der Waals surface area contributed by atoms with Crippen molar-refractivity contribution in [1.29, 1.82) is 0 Å². The summed E-state index contributed by atoms with van der Waals surface area (Å²) in [5, 5.41) is 3.63. The number of nitrogens with one attached hydrogen (secondary N) is 1. The quantitative estimate of drug-likeness (QED) is 0.615. The van der Waals surface area contributed by atoms with Gasteiger partial charge in [0, 0.05) is 31.6 Å². The molecule has 168 valence electrons. The summed E-state index contributed by atoms with van der Waals surface area (Å²) in [7, 11) is 0. The van der Waals surface area contributed by atoms with Gasteiger partial charge in [0.25, 0.3) is 11.5 Å². The number of aromatic nitrogens is 2. The van der Waals surface area contributed by atoms with Crippen LogP contribution in [0.3, 0.4) is 0 Å². The van der Waals surface area contributed by atoms with Gasteiger partial charge in [-0.15, -0.1) is 0 Å². The molecule has 3 aromatic rings. The Labute approximate surface area is 189 Å². The molecule has 6 nitrogen and oxygen atoms in total. The predicted molar refractivity (Wildman–Crippen MR) is 128 cm³/mol. The Morgan fingerprint density at radius 3 is 2.62 bits per heavy atom. The van der Waals surface area contributed by atoms with Crippen LogP contribution in [0.15, 0.2) is 47.3 Å². The number of hydrogen-bond acceptors (Lipinski definition) is 4. The van der Waals surface area contributed by atoms with Crippen LogP contribution >= 0.6 is 0 Å².